The van der Waals surface area contributed by atoms with Gasteiger partial charge in [0.05, 0.1) is 6.21 Å². The zero-order valence-corrected chi connectivity index (χ0v) is 11.2. The van der Waals surface area contributed by atoms with Crippen molar-refractivity contribution in [3.63, 3.8) is 0 Å². The summed E-state index contributed by atoms with van der Waals surface area (Å²) in [5, 5.41) is 13.0. The van der Waals surface area contributed by atoms with Crippen LogP contribution in [0.1, 0.15) is 25.6 Å². The number of carbonyl (C=O) groups is 1. The first-order valence-corrected chi connectivity index (χ1v) is 5.94. The van der Waals surface area contributed by atoms with Crippen LogP contribution < -0.4 is 5.43 Å². The monoisotopic (exact) mass is 275 g/mol. The second-order valence-corrected chi connectivity index (χ2v) is 5.82. The van der Waals surface area contributed by atoms with E-state index in [0.717, 1.165) is 11.3 Å². The van der Waals surface area contributed by atoms with E-state index in [4.69, 9.17) is 17.0 Å². The summed E-state index contributed by atoms with van der Waals surface area (Å²) in [5.41, 5.74) is 1.60. The SMILES string of the molecule is CC(C)(C)OC(=O)NN=Cc1sc(=S)[nH]c1O. The number of H-pyrrole nitrogens is 1. The van der Waals surface area contributed by atoms with E-state index in [0.29, 0.717) is 8.83 Å². The minimum atomic E-state index is -0.660. The molecule has 1 aromatic heterocycles. The highest BCUT2D eigenvalue weighted by atomic mass is 32.1. The van der Waals surface area contributed by atoms with Crippen molar-refractivity contribution in [2.75, 3.05) is 0 Å². The molecule has 0 atom stereocenters. The minimum Gasteiger partial charge on any atom is -0.494 e. The molecule has 8 heteroatoms. The fourth-order valence-electron chi connectivity index (χ4n) is 0.864. The molecular weight excluding hydrogens is 262 g/mol. The second kappa shape index (κ2) is 5.28. The van der Waals surface area contributed by atoms with E-state index in [-0.39, 0.29) is 5.88 Å². The Morgan fingerprint density at radius 1 is 1.65 bits per heavy atom. The van der Waals surface area contributed by atoms with Gasteiger partial charge in [-0.2, -0.15) is 5.10 Å². The number of nitrogens with one attached hydrogen (secondary N) is 2. The van der Waals surface area contributed by atoms with Crippen molar-refractivity contribution < 1.29 is 14.6 Å². The molecular formula is C9H13N3O3S2. The smallest absolute Gasteiger partial charge is 0.428 e. The molecule has 0 bridgehead atoms. The number of aromatic nitrogens is 1. The van der Waals surface area contributed by atoms with Gasteiger partial charge in [-0.25, -0.2) is 10.2 Å². The number of nitrogens with zero attached hydrogens (tertiary/aromatic N) is 1. The number of rotatable bonds is 2. The normalized spacial score (nSPS) is 11.7. The second-order valence-electron chi connectivity index (χ2n) is 4.10. The van der Waals surface area contributed by atoms with E-state index in [2.05, 4.69) is 15.5 Å². The lowest BCUT2D eigenvalue weighted by Crippen LogP contribution is -2.29. The summed E-state index contributed by atoms with van der Waals surface area (Å²) in [4.78, 5) is 14.2. The summed E-state index contributed by atoms with van der Waals surface area (Å²) in [7, 11) is 0. The fraction of sp³-hybridized carbons (Fsp3) is 0.444. The van der Waals surface area contributed by atoms with E-state index in [9.17, 15) is 9.90 Å². The van der Waals surface area contributed by atoms with Crippen LogP contribution in [0.4, 0.5) is 4.79 Å². The first kappa shape index (κ1) is 13.7. The third-order valence-electron chi connectivity index (χ3n) is 1.39. The topological polar surface area (TPSA) is 86.7 Å². The number of hydrazone groups is 1. The molecule has 0 unspecified atom stereocenters. The zero-order valence-electron chi connectivity index (χ0n) is 9.60. The van der Waals surface area contributed by atoms with Crippen LogP contribution in [0.3, 0.4) is 0 Å². The third kappa shape index (κ3) is 4.96. The van der Waals surface area contributed by atoms with Crippen LogP contribution >= 0.6 is 23.6 Å². The Morgan fingerprint density at radius 3 is 2.76 bits per heavy atom. The van der Waals surface area contributed by atoms with Crippen LogP contribution in [0.5, 0.6) is 5.88 Å². The van der Waals surface area contributed by atoms with E-state index >= 15 is 0 Å². The first-order chi connectivity index (χ1) is 7.78. The Hall–Kier alpha value is -1.41. The van der Waals surface area contributed by atoms with Crippen molar-refractivity contribution in [3.05, 3.63) is 8.83 Å². The predicted octanol–water partition coefficient (Wildman–Crippen LogP) is 2.37. The van der Waals surface area contributed by atoms with Gasteiger partial charge in [0.2, 0.25) is 5.88 Å². The highest BCUT2D eigenvalue weighted by Gasteiger charge is 2.15. The quantitative estimate of drug-likeness (QED) is 0.439. The maximum atomic E-state index is 11.2. The molecule has 0 radical (unpaired) electrons. The van der Waals surface area contributed by atoms with Crippen LogP contribution in [0.2, 0.25) is 0 Å². The molecule has 0 fully saturated rings. The van der Waals surface area contributed by atoms with Crippen LogP contribution in [0.25, 0.3) is 0 Å². The van der Waals surface area contributed by atoms with Gasteiger partial charge >= 0.3 is 6.09 Å². The summed E-state index contributed by atoms with van der Waals surface area (Å²) in [6.07, 6.45) is 0.628. The van der Waals surface area contributed by atoms with Gasteiger partial charge in [-0.05, 0) is 33.0 Å². The van der Waals surface area contributed by atoms with Crippen molar-refractivity contribution in [3.8, 4) is 5.88 Å². The molecule has 0 saturated heterocycles. The van der Waals surface area contributed by atoms with Crippen molar-refractivity contribution in [2.24, 2.45) is 5.10 Å². The van der Waals surface area contributed by atoms with Crippen LogP contribution in [0.15, 0.2) is 5.10 Å². The van der Waals surface area contributed by atoms with E-state index in [1.54, 1.807) is 20.8 Å². The summed E-state index contributed by atoms with van der Waals surface area (Å²) < 4.78 is 5.39. The predicted molar refractivity (Wildman–Crippen MR) is 68.1 cm³/mol. The molecule has 1 aromatic rings. The van der Waals surface area contributed by atoms with Crippen molar-refractivity contribution in [2.45, 2.75) is 26.4 Å². The third-order valence-corrected chi connectivity index (χ3v) is 2.55. The molecule has 17 heavy (non-hydrogen) atoms. The molecule has 94 valence electrons. The maximum Gasteiger partial charge on any atom is 0.428 e. The van der Waals surface area contributed by atoms with Gasteiger partial charge in [0.1, 0.15) is 10.5 Å². The number of aromatic hydroxyl groups is 1. The summed E-state index contributed by atoms with van der Waals surface area (Å²) in [6.45, 7) is 5.25. The number of thiazole rings is 1. The molecule has 0 aromatic carbocycles. The summed E-state index contributed by atoms with van der Waals surface area (Å²) in [6, 6.07) is 0. The van der Waals surface area contributed by atoms with Gasteiger partial charge < -0.3 is 14.8 Å². The number of aromatic amines is 1. The molecule has 0 aliphatic heterocycles. The van der Waals surface area contributed by atoms with Crippen LogP contribution in [-0.4, -0.2) is 28.0 Å². The molecule has 1 amide bonds. The van der Waals surface area contributed by atoms with E-state index in [1.807, 2.05) is 0 Å². The van der Waals surface area contributed by atoms with Crippen molar-refractivity contribution in [1.82, 2.24) is 10.4 Å². The molecule has 0 saturated carbocycles. The molecule has 3 N–H and O–H groups in total. The van der Waals surface area contributed by atoms with Gasteiger partial charge in [0, 0.05) is 0 Å². The Bertz CT molecular complexity index is 484. The number of hydrogen-bond donors (Lipinski definition) is 3. The highest BCUT2D eigenvalue weighted by Crippen LogP contribution is 2.18. The number of amides is 1. The summed E-state index contributed by atoms with van der Waals surface area (Å²) in [5.74, 6) is -0.0743. The lowest BCUT2D eigenvalue weighted by Gasteiger charge is -2.18. The molecule has 0 aliphatic carbocycles. The van der Waals surface area contributed by atoms with E-state index < -0.39 is 11.7 Å². The molecule has 1 heterocycles. The number of hydrogen-bond acceptors (Lipinski definition) is 6. The van der Waals surface area contributed by atoms with Gasteiger partial charge in [0.25, 0.3) is 0 Å². The fourth-order valence-corrected chi connectivity index (χ4v) is 1.83. The largest absolute Gasteiger partial charge is 0.494 e. The Morgan fingerprint density at radius 2 is 2.29 bits per heavy atom. The standard InChI is InChI=1S/C9H13N3O3S2/c1-9(2,3)15-7(14)12-10-4-5-6(13)11-8(16)17-5/h4,13H,1-3H3,(H,11,16)(H,12,14). The number of ether oxygens (including phenoxy) is 1. The van der Waals surface area contributed by atoms with E-state index in [1.165, 1.54) is 6.21 Å². The van der Waals surface area contributed by atoms with Crippen molar-refractivity contribution in [1.29, 1.82) is 0 Å². The van der Waals surface area contributed by atoms with Gasteiger partial charge in [-0.15, -0.1) is 0 Å². The minimum absolute atomic E-state index is 0.0743. The Kier molecular flexibility index (Phi) is 4.24. The lowest BCUT2D eigenvalue weighted by molar-refractivity contribution is 0.0529. The molecule has 6 nitrogen and oxygen atoms in total. The molecule has 1 rings (SSSR count). The van der Waals surface area contributed by atoms with Crippen molar-refractivity contribution >= 4 is 35.9 Å². The zero-order chi connectivity index (χ0) is 13.1. The van der Waals surface area contributed by atoms with Gasteiger partial charge in [-0.3, -0.25) is 0 Å². The average Bonchev–Trinajstić information content (AvgIpc) is 2.42. The first-order valence-electron chi connectivity index (χ1n) is 4.72. The Balaban J connectivity index is 2.54. The van der Waals surface area contributed by atoms with Gasteiger partial charge in [0.15, 0.2) is 3.95 Å². The Labute approximate surface area is 107 Å². The van der Waals surface area contributed by atoms with Crippen LogP contribution in [0, 0.1) is 3.95 Å². The highest BCUT2D eigenvalue weighted by molar-refractivity contribution is 7.73. The summed E-state index contributed by atoms with van der Waals surface area (Å²) >= 11 is 5.97. The molecule has 0 aliphatic rings. The molecule has 0 spiro atoms. The number of carbonyl (C=O) groups excluding carboxylic acids is 1. The van der Waals surface area contributed by atoms with Crippen LogP contribution in [-0.2, 0) is 4.74 Å². The average molecular weight is 275 g/mol. The maximum absolute atomic E-state index is 11.2. The lowest BCUT2D eigenvalue weighted by atomic mass is 10.2. The van der Waals surface area contributed by atoms with Gasteiger partial charge in [-0.1, -0.05) is 11.3 Å².